The molecule has 0 bridgehead atoms. The number of nitrogens with one attached hydrogen (secondary N) is 2. The number of rotatable bonds is 8. The van der Waals surface area contributed by atoms with Crippen LogP contribution in [0.2, 0.25) is 0 Å². The summed E-state index contributed by atoms with van der Waals surface area (Å²) in [5, 5.41) is 4.45. The molecule has 13 heteroatoms. The van der Waals surface area contributed by atoms with E-state index < -0.39 is 44.3 Å². The molecule has 2 aliphatic carbocycles. The summed E-state index contributed by atoms with van der Waals surface area (Å²) in [4.78, 5) is 48.1. The highest BCUT2D eigenvalue weighted by atomic mass is 32.2. The number of amides is 3. The van der Waals surface area contributed by atoms with Crippen molar-refractivity contribution in [1.29, 1.82) is 0 Å². The Hall–Kier alpha value is -3.87. The van der Waals surface area contributed by atoms with Gasteiger partial charge < -0.3 is 24.4 Å². The van der Waals surface area contributed by atoms with Crippen LogP contribution in [0.1, 0.15) is 86.0 Å². The second-order valence-corrected chi connectivity index (χ2v) is 17.6. The topological polar surface area (TPSA) is 153 Å². The van der Waals surface area contributed by atoms with Gasteiger partial charge in [0, 0.05) is 30.2 Å². The Morgan fingerprint density at radius 2 is 1.88 bits per heavy atom. The molecule has 2 saturated carbocycles. The highest BCUT2D eigenvalue weighted by molar-refractivity contribution is 7.91. The molecular weight excluding hydrogens is 660 g/mol. The quantitative estimate of drug-likeness (QED) is 0.373. The Labute approximate surface area is 294 Å². The average molecular weight is 711 g/mol. The number of carbonyl (C=O) groups is 3. The third-order valence-corrected chi connectivity index (χ3v) is 12.8. The van der Waals surface area contributed by atoms with Crippen molar-refractivity contribution in [2.24, 2.45) is 17.8 Å². The number of benzene rings is 1. The lowest BCUT2D eigenvalue weighted by Gasteiger charge is -2.28. The van der Waals surface area contributed by atoms with Crippen LogP contribution in [0.25, 0.3) is 10.8 Å². The van der Waals surface area contributed by atoms with Gasteiger partial charge in [0.1, 0.15) is 23.4 Å². The van der Waals surface area contributed by atoms with Gasteiger partial charge >= 0.3 is 0 Å². The highest BCUT2D eigenvalue weighted by Crippen LogP contribution is 2.47. The molecule has 1 unspecified atom stereocenters. The predicted molar refractivity (Wildman–Crippen MR) is 188 cm³/mol. The van der Waals surface area contributed by atoms with Gasteiger partial charge in [-0.1, -0.05) is 26.0 Å². The second-order valence-electron chi connectivity index (χ2n) is 15.4. The lowest BCUT2D eigenvalue weighted by Crippen LogP contribution is -2.57. The summed E-state index contributed by atoms with van der Waals surface area (Å²) in [5.74, 6) is 0.0144. The molecule has 3 fully saturated rings. The van der Waals surface area contributed by atoms with Gasteiger partial charge in [-0.2, -0.15) is 4.98 Å². The Morgan fingerprint density at radius 1 is 1.12 bits per heavy atom. The SMILES string of the molecule is COc1ccc2c(O[C@@H]3C[C@H]4C(=O)N[C@]5(C(=O)NS(=O)(=O)C6(C)CC6)CC5/C=C\CC[C@@H](C)C[C@@H](C)CC(=O)N4C3)nc(OC(C)C)cc2c1. The van der Waals surface area contributed by atoms with Crippen molar-refractivity contribution in [3.8, 4) is 17.5 Å². The summed E-state index contributed by atoms with van der Waals surface area (Å²) in [6.45, 7) is 9.79. The van der Waals surface area contributed by atoms with Gasteiger partial charge in [0.15, 0.2) is 0 Å². The van der Waals surface area contributed by atoms with E-state index in [2.05, 4.69) is 28.9 Å². The zero-order valence-corrected chi connectivity index (χ0v) is 30.7. The Balaban J connectivity index is 1.30. The third-order valence-electron chi connectivity index (χ3n) is 10.6. The number of pyridine rings is 1. The van der Waals surface area contributed by atoms with Crippen molar-refractivity contribution in [3.05, 3.63) is 36.4 Å². The zero-order chi connectivity index (χ0) is 36.0. The predicted octanol–water partition coefficient (Wildman–Crippen LogP) is 4.65. The summed E-state index contributed by atoms with van der Waals surface area (Å²) in [6, 6.07) is 6.41. The average Bonchev–Trinajstić information content (AvgIpc) is 3.92. The van der Waals surface area contributed by atoms with E-state index in [0.29, 0.717) is 36.3 Å². The van der Waals surface area contributed by atoms with Gasteiger partial charge in [0.2, 0.25) is 33.6 Å². The van der Waals surface area contributed by atoms with Gasteiger partial charge in [-0.05, 0) is 94.7 Å². The van der Waals surface area contributed by atoms with Crippen LogP contribution in [0.3, 0.4) is 0 Å². The van der Waals surface area contributed by atoms with E-state index in [0.717, 1.165) is 30.0 Å². The number of allylic oxidation sites excluding steroid dienone is 1. The molecule has 2 N–H and O–H groups in total. The number of aromatic nitrogens is 1. The number of nitrogens with zero attached hydrogens (tertiary/aromatic N) is 2. The molecule has 0 spiro atoms. The smallest absolute Gasteiger partial charge is 0.259 e. The number of hydrogen-bond acceptors (Lipinski definition) is 9. The fourth-order valence-corrected chi connectivity index (χ4v) is 8.59. The monoisotopic (exact) mass is 710 g/mol. The van der Waals surface area contributed by atoms with E-state index in [4.69, 9.17) is 14.2 Å². The molecule has 3 heterocycles. The van der Waals surface area contributed by atoms with Crippen LogP contribution in [-0.2, 0) is 24.4 Å². The van der Waals surface area contributed by atoms with E-state index in [1.165, 1.54) is 0 Å². The second kappa shape index (κ2) is 13.7. The minimum atomic E-state index is -3.93. The summed E-state index contributed by atoms with van der Waals surface area (Å²) in [7, 11) is -2.34. The first-order chi connectivity index (χ1) is 23.6. The van der Waals surface area contributed by atoms with Gasteiger partial charge in [-0.15, -0.1) is 0 Å². The minimum absolute atomic E-state index is 0.0975. The number of carbonyl (C=O) groups excluding carboxylic acids is 3. The van der Waals surface area contributed by atoms with Gasteiger partial charge in [0.25, 0.3) is 5.91 Å². The maximum Gasteiger partial charge on any atom is 0.259 e. The largest absolute Gasteiger partial charge is 0.497 e. The van der Waals surface area contributed by atoms with Crippen LogP contribution in [-0.4, -0.2) is 78.2 Å². The molecule has 1 saturated heterocycles. The van der Waals surface area contributed by atoms with Crippen LogP contribution in [0.5, 0.6) is 17.5 Å². The maximum atomic E-state index is 14.2. The van der Waals surface area contributed by atoms with Crippen molar-refractivity contribution < 1.29 is 37.0 Å². The van der Waals surface area contributed by atoms with Crippen molar-refractivity contribution in [1.82, 2.24) is 19.9 Å². The van der Waals surface area contributed by atoms with Crippen molar-refractivity contribution in [2.75, 3.05) is 13.7 Å². The molecule has 272 valence electrons. The Bertz CT molecular complexity index is 1790. The van der Waals surface area contributed by atoms with E-state index >= 15 is 0 Å². The van der Waals surface area contributed by atoms with E-state index in [1.54, 1.807) is 18.9 Å². The van der Waals surface area contributed by atoms with Gasteiger partial charge in [-0.25, -0.2) is 8.42 Å². The number of sulfonamides is 1. The Kier molecular flexibility index (Phi) is 9.84. The molecule has 1 aromatic heterocycles. The van der Waals surface area contributed by atoms with Gasteiger partial charge in [-0.3, -0.25) is 19.1 Å². The van der Waals surface area contributed by atoms with E-state index in [9.17, 15) is 22.8 Å². The maximum absolute atomic E-state index is 14.2. The summed E-state index contributed by atoms with van der Waals surface area (Å²) < 4.78 is 45.3. The van der Waals surface area contributed by atoms with Crippen molar-refractivity contribution >= 4 is 38.5 Å². The molecule has 6 rings (SSSR count). The van der Waals surface area contributed by atoms with Crippen LogP contribution in [0.15, 0.2) is 36.4 Å². The molecule has 12 nitrogen and oxygen atoms in total. The molecular formula is C37H50N4O8S. The molecule has 2 aliphatic heterocycles. The first-order valence-electron chi connectivity index (χ1n) is 17.8. The zero-order valence-electron chi connectivity index (χ0n) is 29.9. The normalized spacial score (nSPS) is 30.3. The van der Waals surface area contributed by atoms with Crippen LogP contribution >= 0.6 is 0 Å². The fourth-order valence-electron chi connectivity index (χ4n) is 7.27. The highest BCUT2D eigenvalue weighted by Gasteiger charge is 2.63. The summed E-state index contributed by atoms with van der Waals surface area (Å²) >= 11 is 0. The number of ether oxygens (including phenoxy) is 3. The van der Waals surface area contributed by atoms with E-state index in [-0.39, 0.29) is 49.7 Å². The summed E-state index contributed by atoms with van der Waals surface area (Å²) in [5.41, 5.74) is -1.43. The first kappa shape index (κ1) is 35.9. The lowest BCUT2D eigenvalue weighted by atomic mass is 9.91. The number of fused-ring (bicyclic) bond motifs is 3. The minimum Gasteiger partial charge on any atom is -0.497 e. The lowest BCUT2D eigenvalue weighted by molar-refractivity contribution is -0.140. The van der Waals surface area contributed by atoms with Crippen molar-refractivity contribution in [2.45, 2.75) is 115 Å². The molecule has 6 atom stereocenters. The van der Waals surface area contributed by atoms with Crippen molar-refractivity contribution in [3.63, 3.8) is 0 Å². The molecule has 0 radical (unpaired) electrons. The first-order valence-corrected chi connectivity index (χ1v) is 19.3. The molecule has 50 heavy (non-hydrogen) atoms. The number of methoxy groups -OCH3 is 1. The molecule has 1 aromatic carbocycles. The molecule has 3 amide bonds. The molecule has 4 aliphatic rings. The fraction of sp³-hybridized carbons (Fsp3) is 0.622. The Morgan fingerprint density at radius 3 is 2.58 bits per heavy atom. The van der Waals surface area contributed by atoms with Crippen LogP contribution in [0.4, 0.5) is 0 Å². The third kappa shape index (κ3) is 7.43. The van der Waals surface area contributed by atoms with Crippen LogP contribution < -0.4 is 24.2 Å². The van der Waals surface area contributed by atoms with Crippen LogP contribution in [0, 0.1) is 17.8 Å². The summed E-state index contributed by atoms with van der Waals surface area (Å²) in [6.07, 6.45) is 7.40. The van der Waals surface area contributed by atoms with Gasteiger partial charge in [0.05, 0.1) is 24.5 Å². The van der Waals surface area contributed by atoms with E-state index in [1.807, 2.05) is 50.3 Å². The standard InChI is InChI=1S/C37H50N4O8S/c1-22(2)48-31-18-25-17-27(47-6)11-12-29(25)34(38-31)49-28-19-30-33(43)39-37(35(44)40-50(45,46)36(5)13-14-36)20-26(37)10-8-7-9-23(3)15-24(4)16-32(42)41(30)21-28/h8,10-12,17-18,22-24,26,28,30H,7,9,13-16,19-21H2,1-6H3,(H,39,43)(H,40,44)/b10-8-/t23-,24-,26?,28-,30+,37-/m1/s1. The molecule has 2 aromatic rings. The number of hydrogen-bond donors (Lipinski definition) is 2.